The van der Waals surface area contributed by atoms with Crippen LogP contribution >= 0.6 is 0 Å². The number of H-pyrrole nitrogens is 2. The largest absolute Gasteiger partial charge is 0.395 e. The second-order valence-corrected chi connectivity index (χ2v) is 4.74. The van der Waals surface area contributed by atoms with E-state index < -0.39 is 6.10 Å². The first-order chi connectivity index (χ1) is 9.10. The lowest BCUT2D eigenvalue weighted by atomic mass is 9.99. The number of rotatable bonds is 3. The molecule has 1 saturated heterocycles. The van der Waals surface area contributed by atoms with Gasteiger partial charge in [0.1, 0.15) is 11.0 Å². The molecule has 0 aliphatic carbocycles. The summed E-state index contributed by atoms with van der Waals surface area (Å²) in [7, 11) is 0. The molecule has 2 aromatic heterocycles. The summed E-state index contributed by atoms with van der Waals surface area (Å²) in [4.78, 5) is 23.0. The van der Waals surface area contributed by atoms with Gasteiger partial charge in [-0.3, -0.25) is 14.7 Å². The van der Waals surface area contributed by atoms with Gasteiger partial charge in [0.25, 0.3) is 5.56 Å². The summed E-state index contributed by atoms with van der Waals surface area (Å²) in [6.45, 7) is 0.897. The Labute approximate surface area is 107 Å². The number of aliphatic hydroxyl groups excluding tert-OH is 2. The van der Waals surface area contributed by atoms with Crippen molar-refractivity contribution in [3.63, 3.8) is 0 Å². The molecule has 1 fully saturated rings. The fraction of sp³-hybridized carbons (Fsp3) is 0.455. The number of fused-ring (bicyclic) bond motifs is 1. The second-order valence-electron chi connectivity index (χ2n) is 4.74. The van der Waals surface area contributed by atoms with Crippen LogP contribution in [0.3, 0.4) is 0 Å². The molecule has 102 valence electrons. The minimum Gasteiger partial charge on any atom is -0.395 e. The van der Waals surface area contributed by atoms with Crippen molar-refractivity contribution in [1.82, 2.24) is 19.9 Å². The molecule has 2 aromatic rings. The van der Waals surface area contributed by atoms with Crippen molar-refractivity contribution in [2.45, 2.75) is 18.7 Å². The summed E-state index contributed by atoms with van der Waals surface area (Å²) in [5, 5.41) is 18.7. The number of anilines is 1. The SMILES string of the molecule is Nc1nc2c(CN3CC(O)C3CO)c[nH]c2c(=O)[nH]1. The van der Waals surface area contributed by atoms with Crippen molar-refractivity contribution in [2.24, 2.45) is 0 Å². The number of nitrogens with one attached hydrogen (secondary N) is 2. The fourth-order valence-corrected chi connectivity index (χ4v) is 2.45. The highest BCUT2D eigenvalue weighted by molar-refractivity contribution is 5.78. The maximum Gasteiger partial charge on any atom is 0.276 e. The summed E-state index contributed by atoms with van der Waals surface area (Å²) in [6.07, 6.45) is 1.20. The lowest BCUT2D eigenvalue weighted by molar-refractivity contribution is -0.0864. The molecule has 0 bridgehead atoms. The lowest BCUT2D eigenvalue weighted by Crippen LogP contribution is -2.61. The summed E-state index contributed by atoms with van der Waals surface area (Å²) < 4.78 is 0. The van der Waals surface area contributed by atoms with E-state index in [1.807, 2.05) is 4.90 Å². The number of aliphatic hydroxyl groups is 2. The first-order valence-electron chi connectivity index (χ1n) is 5.99. The van der Waals surface area contributed by atoms with Crippen LogP contribution in [-0.4, -0.2) is 55.4 Å². The Hall–Kier alpha value is -1.90. The van der Waals surface area contributed by atoms with Gasteiger partial charge in [-0.25, -0.2) is 4.98 Å². The number of aromatic amines is 2. The number of likely N-dealkylation sites (tertiary alicyclic amines) is 1. The zero-order valence-corrected chi connectivity index (χ0v) is 10.1. The zero-order chi connectivity index (χ0) is 13.6. The molecule has 8 nitrogen and oxygen atoms in total. The van der Waals surface area contributed by atoms with Gasteiger partial charge in [-0.2, -0.15) is 0 Å². The Morgan fingerprint density at radius 3 is 3.05 bits per heavy atom. The Morgan fingerprint density at radius 1 is 1.58 bits per heavy atom. The standard InChI is InChI=1S/C11H15N5O3/c12-11-14-8-5(1-13-9(8)10(19)15-11)2-16-3-7(18)6(16)4-17/h1,6-7,13,17-18H,2-4H2,(H3,12,14,15,19). The highest BCUT2D eigenvalue weighted by Crippen LogP contribution is 2.23. The van der Waals surface area contributed by atoms with Gasteiger partial charge >= 0.3 is 0 Å². The van der Waals surface area contributed by atoms with Gasteiger partial charge in [0, 0.05) is 24.8 Å². The number of nitrogens with zero attached hydrogens (tertiary/aromatic N) is 2. The van der Waals surface area contributed by atoms with E-state index in [0.717, 1.165) is 5.56 Å². The van der Waals surface area contributed by atoms with Crippen LogP contribution in [0.2, 0.25) is 0 Å². The summed E-state index contributed by atoms with van der Waals surface area (Å²) in [5.41, 5.74) is 6.95. The minimum atomic E-state index is -0.503. The topological polar surface area (TPSA) is 131 Å². The second kappa shape index (κ2) is 4.34. The average Bonchev–Trinajstić information content (AvgIpc) is 2.72. The van der Waals surface area contributed by atoms with E-state index in [1.165, 1.54) is 0 Å². The Bertz CT molecular complexity index is 664. The van der Waals surface area contributed by atoms with Crippen molar-refractivity contribution in [2.75, 3.05) is 18.9 Å². The predicted molar refractivity (Wildman–Crippen MR) is 68.4 cm³/mol. The van der Waals surface area contributed by atoms with Gasteiger partial charge in [0.15, 0.2) is 0 Å². The van der Waals surface area contributed by atoms with E-state index in [2.05, 4.69) is 15.0 Å². The number of hydrogen-bond donors (Lipinski definition) is 5. The molecule has 0 aromatic carbocycles. The van der Waals surface area contributed by atoms with Gasteiger partial charge < -0.3 is 20.9 Å². The third-order valence-corrected chi connectivity index (χ3v) is 3.53. The van der Waals surface area contributed by atoms with Crippen LogP contribution in [0, 0.1) is 0 Å². The lowest BCUT2D eigenvalue weighted by Gasteiger charge is -2.44. The fourth-order valence-electron chi connectivity index (χ4n) is 2.45. The summed E-state index contributed by atoms with van der Waals surface area (Å²) in [5.74, 6) is 0.0701. The van der Waals surface area contributed by atoms with Gasteiger partial charge in [-0.05, 0) is 0 Å². The number of hydrogen-bond acceptors (Lipinski definition) is 6. The third-order valence-electron chi connectivity index (χ3n) is 3.53. The normalized spacial score (nSPS) is 23.7. The minimum absolute atomic E-state index is 0.0701. The van der Waals surface area contributed by atoms with Crippen LogP contribution in [0.5, 0.6) is 0 Å². The van der Waals surface area contributed by atoms with Gasteiger partial charge in [-0.15, -0.1) is 0 Å². The van der Waals surface area contributed by atoms with Crippen LogP contribution in [-0.2, 0) is 6.54 Å². The third kappa shape index (κ3) is 1.89. The number of β-amino-alcohol motifs (C(OH)–C–C–N with tert-alkyl or cyclic N) is 1. The van der Waals surface area contributed by atoms with E-state index in [-0.39, 0.29) is 24.2 Å². The molecule has 1 aliphatic rings. The molecule has 0 radical (unpaired) electrons. The maximum absolute atomic E-state index is 11.7. The highest BCUT2D eigenvalue weighted by Gasteiger charge is 2.37. The molecular formula is C11H15N5O3. The molecule has 1 aliphatic heterocycles. The van der Waals surface area contributed by atoms with Crippen LogP contribution in [0.15, 0.2) is 11.0 Å². The van der Waals surface area contributed by atoms with E-state index >= 15 is 0 Å². The maximum atomic E-state index is 11.7. The van der Waals surface area contributed by atoms with E-state index in [1.54, 1.807) is 6.20 Å². The van der Waals surface area contributed by atoms with Crippen LogP contribution in [0.25, 0.3) is 11.0 Å². The Kier molecular flexibility index (Phi) is 2.77. The van der Waals surface area contributed by atoms with Crippen LogP contribution in [0.4, 0.5) is 5.95 Å². The molecule has 8 heteroatoms. The van der Waals surface area contributed by atoms with Gasteiger partial charge in [0.2, 0.25) is 5.95 Å². The molecule has 3 rings (SSSR count). The molecule has 6 N–H and O–H groups in total. The molecule has 3 heterocycles. The first kappa shape index (κ1) is 12.2. The van der Waals surface area contributed by atoms with Crippen molar-refractivity contribution >= 4 is 17.0 Å². The van der Waals surface area contributed by atoms with Crippen molar-refractivity contribution in [3.05, 3.63) is 22.1 Å². The van der Waals surface area contributed by atoms with E-state index in [0.29, 0.717) is 24.1 Å². The molecule has 0 amide bonds. The Morgan fingerprint density at radius 2 is 2.37 bits per heavy atom. The van der Waals surface area contributed by atoms with E-state index in [4.69, 9.17) is 10.8 Å². The highest BCUT2D eigenvalue weighted by atomic mass is 16.3. The first-order valence-corrected chi connectivity index (χ1v) is 5.99. The quantitative estimate of drug-likeness (QED) is 0.453. The van der Waals surface area contributed by atoms with Crippen molar-refractivity contribution in [3.8, 4) is 0 Å². The van der Waals surface area contributed by atoms with E-state index in [9.17, 15) is 9.90 Å². The monoisotopic (exact) mass is 265 g/mol. The average molecular weight is 265 g/mol. The number of nitrogen functional groups attached to an aromatic ring is 1. The van der Waals surface area contributed by atoms with Gasteiger partial charge in [-0.1, -0.05) is 0 Å². The molecule has 2 unspecified atom stereocenters. The van der Waals surface area contributed by atoms with Crippen LogP contribution in [0.1, 0.15) is 5.56 Å². The predicted octanol–water partition coefficient (Wildman–Crippen LogP) is -1.63. The zero-order valence-electron chi connectivity index (χ0n) is 10.1. The Balaban J connectivity index is 1.92. The summed E-state index contributed by atoms with van der Waals surface area (Å²) in [6, 6.07) is -0.260. The molecule has 2 atom stereocenters. The van der Waals surface area contributed by atoms with Crippen molar-refractivity contribution < 1.29 is 10.2 Å². The smallest absolute Gasteiger partial charge is 0.276 e. The molecule has 0 saturated carbocycles. The van der Waals surface area contributed by atoms with Gasteiger partial charge in [0.05, 0.1) is 18.8 Å². The number of aromatic nitrogens is 3. The number of nitrogens with two attached hydrogens (primary N) is 1. The van der Waals surface area contributed by atoms with Crippen LogP contribution < -0.4 is 11.3 Å². The molecule has 19 heavy (non-hydrogen) atoms. The molecular weight excluding hydrogens is 250 g/mol. The molecule has 0 spiro atoms. The summed E-state index contributed by atoms with van der Waals surface area (Å²) >= 11 is 0. The van der Waals surface area contributed by atoms with Crippen molar-refractivity contribution in [1.29, 1.82) is 0 Å².